The molecule has 1 heterocycles. The van der Waals surface area contributed by atoms with Crippen LogP contribution in [0.2, 0.25) is 0 Å². The van der Waals surface area contributed by atoms with Gasteiger partial charge in [-0.15, -0.1) is 0 Å². The normalized spacial score (nSPS) is 17.0. The topological polar surface area (TPSA) is 52.6 Å². The molecule has 1 fully saturated rings. The molecule has 4 nitrogen and oxygen atoms in total. The van der Waals surface area contributed by atoms with Gasteiger partial charge in [0.25, 0.3) is 0 Å². The van der Waals surface area contributed by atoms with Crippen molar-refractivity contribution in [2.75, 3.05) is 26.2 Å². The minimum Gasteiger partial charge on any atom is -0.508 e. The summed E-state index contributed by atoms with van der Waals surface area (Å²) in [7, 11) is 0. The second-order valence-corrected chi connectivity index (χ2v) is 5.61. The van der Waals surface area contributed by atoms with E-state index in [0.29, 0.717) is 18.1 Å². The monoisotopic (exact) mass is 276 g/mol. The van der Waals surface area contributed by atoms with Gasteiger partial charge in [0, 0.05) is 32.6 Å². The SMILES string of the molecule is Cc1cc(O)ccc1C(C)CCC(=O)N1CCNCC1. The summed E-state index contributed by atoms with van der Waals surface area (Å²) in [5.41, 5.74) is 2.31. The molecule has 20 heavy (non-hydrogen) atoms. The Morgan fingerprint density at radius 2 is 2.10 bits per heavy atom. The highest BCUT2D eigenvalue weighted by atomic mass is 16.3. The second-order valence-electron chi connectivity index (χ2n) is 5.61. The average molecular weight is 276 g/mol. The number of benzene rings is 1. The van der Waals surface area contributed by atoms with Crippen LogP contribution in [-0.2, 0) is 4.79 Å². The van der Waals surface area contributed by atoms with E-state index in [1.54, 1.807) is 12.1 Å². The fraction of sp³-hybridized carbons (Fsp3) is 0.562. The highest BCUT2D eigenvalue weighted by Gasteiger charge is 2.17. The largest absolute Gasteiger partial charge is 0.508 e. The minimum atomic E-state index is 0.259. The number of carbonyl (C=O) groups excluding carboxylic acids is 1. The van der Waals surface area contributed by atoms with Crippen LogP contribution < -0.4 is 5.32 Å². The van der Waals surface area contributed by atoms with E-state index in [1.165, 1.54) is 5.56 Å². The fourth-order valence-corrected chi connectivity index (χ4v) is 2.78. The van der Waals surface area contributed by atoms with Gasteiger partial charge in [-0.05, 0) is 42.5 Å². The first-order valence-electron chi connectivity index (χ1n) is 7.36. The number of hydrogen-bond donors (Lipinski definition) is 2. The number of nitrogens with zero attached hydrogens (tertiary/aromatic N) is 1. The molecule has 1 aromatic rings. The van der Waals surface area contributed by atoms with E-state index in [4.69, 9.17) is 0 Å². The Balaban J connectivity index is 1.87. The van der Waals surface area contributed by atoms with Gasteiger partial charge in [0.1, 0.15) is 5.75 Å². The lowest BCUT2D eigenvalue weighted by atomic mass is 9.92. The molecule has 1 saturated heterocycles. The third-order valence-corrected chi connectivity index (χ3v) is 4.05. The first-order valence-corrected chi connectivity index (χ1v) is 7.36. The molecule has 2 rings (SSSR count). The third kappa shape index (κ3) is 3.73. The summed E-state index contributed by atoms with van der Waals surface area (Å²) in [5, 5.41) is 12.7. The first-order chi connectivity index (χ1) is 9.58. The van der Waals surface area contributed by atoms with E-state index in [2.05, 4.69) is 12.2 Å². The molecule has 0 aromatic heterocycles. The lowest BCUT2D eigenvalue weighted by molar-refractivity contribution is -0.131. The predicted molar refractivity (Wildman–Crippen MR) is 79.9 cm³/mol. The van der Waals surface area contributed by atoms with Gasteiger partial charge in [-0.3, -0.25) is 4.79 Å². The molecule has 1 amide bonds. The number of hydrogen-bond acceptors (Lipinski definition) is 3. The van der Waals surface area contributed by atoms with Crippen LogP contribution in [0.4, 0.5) is 0 Å². The summed E-state index contributed by atoms with van der Waals surface area (Å²) in [6.07, 6.45) is 1.45. The van der Waals surface area contributed by atoms with Crippen molar-refractivity contribution in [3.8, 4) is 5.75 Å². The van der Waals surface area contributed by atoms with Crippen LogP contribution in [0.15, 0.2) is 18.2 Å². The molecule has 1 atom stereocenters. The van der Waals surface area contributed by atoms with E-state index in [0.717, 1.165) is 38.2 Å². The quantitative estimate of drug-likeness (QED) is 0.884. The number of rotatable bonds is 4. The van der Waals surface area contributed by atoms with Gasteiger partial charge < -0.3 is 15.3 Å². The molecule has 0 radical (unpaired) electrons. The lowest BCUT2D eigenvalue weighted by Crippen LogP contribution is -2.46. The molecule has 0 saturated carbocycles. The van der Waals surface area contributed by atoms with Gasteiger partial charge in [0.2, 0.25) is 5.91 Å². The van der Waals surface area contributed by atoms with Crippen molar-refractivity contribution in [2.45, 2.75) is 32.6 Å². The van der Waals surface area contributed by atoms with Gasteiger partial charge in [0.05, 0.1) is 0 Å². The number of phenolic OH excluding ortho intramolecular Hbond substituents is 1. The maximum absolute atomic E-state index is 12.1. The van der Waals surface area contributed by atoms with Crippen LogP contribution in [-0.4, -0.2) is 42.1 Å². The Labute approximate surface area is 120 Å². The van der Waals surface area contributed by atoms with Gasteiger partial charge in [-0.25, -0.2) is 0 Å². The Hall–Kier alpha value is -1.55. The summed E-state index contributed by atoms with van der Waals surface area (Å²) in [6.45, 7) is 7.60. The smallest absolute Gasteiger partial charge is 0.222 e. The summed E-state index contributed by atoms with van der Waals surface area (Å²) < 4.78 is 0. The van der Waals surface area contributed by atoms with E-state index >= 15 is 0 Å². The lowest BCUT2D eigenvalue weighted by Gasteiger charge is -2.28. The Bertz CT molecular complexity index is 468. The van der Waals surface area contributed by atoms with Gasteiger partial charge in [-0.1, -0.05) is 13.0 Å². The van der Waals surface area contributed by atoms with Gasteiger partial charge in [-0.2, -0.15) is 0 Å². The highest BCUT2D eigenvalue weighted by Crippen LogP contribution is 2.26. The standard InChI is InChI=1S/C16H24N2O2/c1-12(15-5-4-14(19)11-13(15)2)3-6-16(20)18-9-7-17-8-10-18/h4-5,11-12,17,19H,3,6-10H2,1-2H3. The average Bonchev–Trinajstić information content (AvgIpc) is 2.45. The molecule has 0 spiro atoms. The summed E-state index contributed by atoms with van der Waals surface area (Å²) in [6, 6.07) is 5.46. The molecule has 1 unspecified atom stereocenters. The van der Waals surface area contributed by atoms with Crippen molar-refractivity contribution in [1.82, 2.24) is 10.2 Å². The molecule has 0 bridgehead atoms. The van der Waals surface area contributed by atoms with Crippen LogP contribution in [0.5, 0.6) is 5.75 Å². The van der Waals surface area contributed by atoms with Gasteiger partial charge >= 0.3 is 0 Å². The van der Waals surface area contributed by atoms with Crippen LogP contribution in [0.3, 0.4) is 0 Å². The Morgan fingerprint density at radius 1 is 1.40 bits per heavy atom. The number of nitrogens with one attached hydrogen (secondary N) is 1. The van der Waals surface area contributed by atoms with E-state index in [-0.39, 0.29) is 5.91 Å². The molecule has 4 heteroatoms. The zero-order valence-corrected chi connectivity index (χ0v) is 12.4. The first kappa shape index (κ1) is 14.9. The fourth-order valence-electron chi connectivity index (χ4n) is 2.78. The van der Waals surface area contributed by atoms with Crippen LogP contribution in [0.1, 0.15) is 36.8 Å². The molecule has 1 aliphatic rings. The van der Waals surface area contributed by atoms with Crippen molar-refractivity contribution in [3.63, 3.8) is 0 Å². The molecular formula is C16H24N2O2. The van der Waals surface area contributed by atoms with E-state index in [9.17, 15) is 9.90 Å². The molecular weight excluding hydrogens is 252 g/mol. The maximum atomic E-state index is 12.1. The van der Waals surface area contributed by atoms with Crippen molar-refractivity contribution < 1.29 is 9.90 Å². The van der Waals surface area contributed by atoms with E-state index < -0.39 is 0 Å². The highest BCUT2D eigenvalue weighted by molar-refractivity contribution is 5.76. The summed E-state index contributed by atoms with van der Waals surface area (Å²) in [5.74, 6) is 0.896. The molecule has 1 aliphatic heterocycles. The van der Waals surface area contributed by atoms with Crippen molar-refractivity contribution in [2.24, 2.45) is 0 Å². The Kier molecular flexibility index (Phi) is 5.01. The molecule has 2 N–H and O–H groups in total. The molecule has 1 aromatic carbocycles. The molecule has 0 aliphatic carbocycles. The van der Waals surface area contributed by atoms with Crippen LogP contribution >= 0.6 is 0 Å². The zero-order chi connectivity index (χ0) is 14.5. The van der Waals surface area contributed by atoms with Gasteiger partial charge in [0.15, 0.2) is 0 Å². The maximum Gasteiger partial charge on any atom is 0.222 e. The Morgan fingerprint density at radius 3 is 2.75 bits per heavy atom. The van der Waals surface area contributed by atoms with E-state index in [1.807, 2.05) is 17.9 Å². The van der Waals surface area contributed by atoms with Crippen molar-refractivity contribution >= 4 is 5.91 Å². The van der Waals surface area contributed by atoms with Crippen LogP contribution in [0, 0.1) is 6.92 Å². The summed E-state index contributed by atoms with van der Waals surface area (Å²) >= 11 is 0. The second kappa shape index (κ2) is 6.75. The number of amides is 1. The van der Waals surface area contributed by atoms with Crippen molar-refractivity contribution in [1.29, 1.82) is 0 Å². The third-order valence-electron chi connectivity index (χ3n) is 4.05. The number of piperazine rings is 1. The zero-order valence-electron chi connectivity index (χ0n) is 12.4. The van der Waals surface area contributed by atoms with Crippen molar-refractivity contribution in [3.05, 3.63) is 29.3 Å². The number of aromatic hydroxyl groups is 1. The molecule has 110 valence electrons. The number of carbonyl (C=O) groups is 1. The minimum absolute atomic E-state index is 0.259. The number of phenols is 1. The van der Waals surface area contributed by atoms with Crippen LogP contribution in [0.25, 0.3) is 0 Å². The number of aryl methyl sites for hydroxylation is 1. The summed E-state index contributed by atoms with van der Waals surface area (Å²) in [4.78, 5) is 14.1. The predicted octanol–water partition coefficient (Wildman–Crippen LogP) is 2.02.